The highest BCUT2D eigenvalue weighted by molar-refractivity contribution is 7.02. The molecule has 5 rings (SSSR count). The van der Waals surface area contributed by atoms with Gasteiger partial charge in [0.15, 0.2) is 12.4 Å². The number of anilines is 2. The predicted molar refractivity (Wildman–Crippen MR) is 171 cm³/mol. The molecular formula is C32H37ClFN5O4S. The number of amides is 2. The molecule has 3 aromatic rings. The van der Waals surface area contributed by atoms with Crippen molar-refractivity contribution in [3.63, 3.8) is 0 Å². The first-order chi connectivity index (χ1) is 21.1. The van der Waals surface area contributed by atoms with E-state index in [2.05, 4.69) is 43.0 Å². The molecule has 0 N–H and O–H groups in total. The van der Waals surface area contributed by atoms with Crippen molar-refractivity contribution < 1.29 is 23.5 Å². The van der Waals surface area contributed by atoms with Crippen LogP contribution in [0.15, 0.2) is 35.3 Å². The molecule has 12 heteroatoms. The monoisotopic (exact) mass is 641 g/mol. The van der Waals surface area contributed by atoms with Crippen LogP contribution in [0.1, 0.15) is 44.6 Å². The van der Waals surface area contributed by atoms with Crippen LogP contribution in [0, 0.1) is 23.6 Å². The number of methoxy groups -OCH3 is 1. The summed E-state index contributed by atoms with van der Waals surface area (Å²) in [5, 5.41) is 0. The maximum atomic E-state index is 14.5. The van der Waals surface area contributed by atoms with Crippen LogP contribution in [0.25, 0.3) is 0 Å². The molecule has 0 atom stereocenters. The molecule has 2 aromatic carbocycles. The normalized spacial score (nSPS) is 15.1. The van der Waals surface area contributed by atoms with Gasteiger partial charge >= 0.3 is 0 Å². The number of alkyl halides is 1. The predicted octanol–water partition coefficient (Wildman–Crippen LogP) is 5.24. The Labute approximate surface area is 266 Å². The molecule has 0 radical (unpaired) electrons. The zero-order chi connectivity index (χ0) is 32.0. The summed E-state index contributed by atoms with van der Waals surface area (Å²) in [6.07, 6.45) is 7.96. The highest BCUT2D eigenvalue weighted by Gasteiger charge is 2.31. The molecular weight excluding hydrogens is 605 g/mol. The Kier molecular flexibility index (Phi) is 10.8. The fourth-order valence-electron chi connectivity index (χ4n) is 5.27. The molecule has 2 amide bonds. The molecule has 0 aliphatic carbocycles. The lowest BCUT2D eigenvalue weighted by Gasteiger charge is -2.28. The van der Waals surface area contributed by atoms with Crippen molar-refractivity contribution in [3.8, 4) is 18.1 Å². The number of nitrogens with zero attached hydrogens (tertiary/aromatic N) is 5. The number of halogens is 2. The highest BCUT2D eigenvalue weighted by atomic mass is 35.5. The third kappa shape index (κ3) is 7.15. The van der Waals surface area contributed by atoms with Crippen molar-refractivity contribution in [2.45, 2.75) is 53.5 Å². The average molecular weight is 642 g/mol. The highest BCUT2D eigenvalue weighted by Crippen LogP contribution is 2.37. The van der Waals surface area contributed by atoms with Gasteiger partial charge in [-0.2, -0.15) is 4.37 Å². The van der Waals surface area contributed by atoms with Crippen LogP contribution in [-0.2, 0) is 40.1 Å². The van der Waals surface area contributed by atoms with Gasteiger partial charge in [-0.1, -0.05) is 51.8 Å². The number of carbonyl (C=O) groups is 2. The smallest absolute Gasteiger partial charge is 0.265 e. The summed E-state index contributed by atoms with van der Waals surface area (Å²) in [6.45, 7) is 9.44. The Bertz CT molecular complexity index is 1620. The second-order valence-corrected chi connectivity index (χ2v) is 12.2. The number of terminal acetylenes is 1. The molecule has 44 heavy (non-hydrogen) atoms. The van der Waals surface area contributed by atoms with Gasteiger partial charge in [0.25, 0.3) is 5.91 Å². The number of ether oxygens (including phenoxy) is 2. The van der Waals surface area contributed by atoms with Crippen LogP contribution < -0.4 is 19.3 Å². The third-order valence-electron chi connectivity index (χ3n) is 7.34. The molecule has 3 heterocycles. The zero-order valence-electron chi connectivity index (χ0n) is 25.7. The van der Waals surface area contributed by atoms with Gasteiger partial charge in [0.2, 0.25) is 10.7 Å². The van der Waals surface area contributed by atoms with Crippen molar-refractivity contribution in [2.24, 2.45) is 10.4 Å². The molecule has 0 saturated carbocycles. The van der Waals surface area contributed by atoms with E-state index in [9.17, 15) is 14.0 Å². The molecule has 0 saturated heterocycles. The Balaban J connectivity index is 0.000000217. The number of rotatable bonds is 8. The van der Waals surface area contributed by atoms with Gasteiger partial charge in [-0.3, -0.25) is 19.4 Å². The molecule has 1 aromatic heterocycles. The third-order valence-corrected chi connectivity index (χ3v) is 8.35. The number of fused-ring (bicyclic) bond motifs is 2. The number of aromatic nitrogens is 2. The Hall–Kier alpha value is -3.72. The van der Waals surface area contributed by atoms with Gasteiger partial charge in [-0.15, -0.1) is 18.0 Å². The zero-order valence-corrected chi connectivity index (χ0v) is 27.2. The molecule has 0 fully saturated rings. The lowest BCUT2D eigenvalue weighted by molar-refractivity contribution is -0.121. The molecule has 234 valence electrons. The first-order valence-corrected chi connectivity index (χ1v) is 15.6. The van der Waals surface area contributed by atoms with E-state index in [-0.39, 0.29) is 48.7 Å². The quantitative estimate of drug-likeness (QED) is 0.191. The van der Waals surface area contributed by atoms with E-state index >= 15 is 0 Å². The van der Waals surface area contributed by atoms with E-state index in [0.717, 1.165) is 48.4 Å². The molecule has 9 nitrogen and oxygen atoms in total. The summed E-state index contributed by atoms with van der Waals surface area (Å²) in [6, 6.07) is 8.86. The minimum absolute atomic E-state index is 0.0371. The van der Waals surface area contributed by atoms with Crippen LogP contribution in [0.2, 0.25) is 0 Å². The van der Waals surface area contributed by atoms with Crippen LogP contribution in [0.5, 0.6) is 5.75 Å². The fourth-order valence-corrected chi connectivity index (χ4v) is 6.17. The Morgan fingerprint density at radius 1 is 1.30 bits per heavy atom. The summed E-state index contributed by atoms with van der Waals surface area (Å²) in [4.78, 5) is 32.1. The van der Waals surface area contributed by atoms with Crippen molar-refractivity contribution in [2.75, 3.05) is 42.7 Å². The molecule has 2 aliphatic heterocycles. The van der Waals surface area contributed by atoms with E-state index in [1.54, 1.807) is 12.0 Å². The van der Waals surface area contributed by atoms with Gasteiger partial charge < -0.3 is 14.0 Å². The summed E-state index contributed by atoms with van der Waals surface area (Å²) in [7, 11) is 1.58. The SMILES string of the molecule is C#CCN1C(=O)COc2cc(F)c(/N=c3\snc4n3CC(C)(C)C4)cc21.CCc1cccc(CC)c1N(COC)C(=O)CCl. The average Bonchev–Trinajstić information content (AvgIpc) is 3.52. The largest absolute Gasteiger partial charge is 0.481 e. The fraction of sp³-hybridized carbons (Fsp3) is 0.438. The number of para-hydroxylation sites is 1. The van der Waals surface area contributed by atoms with Crippen LogP contribution >= 0.6 is 23.1 Å². The van der Waals surface area contributed by atoms with E-state index in [0.29, 0.717) is 16.2 Å². The van der Waals surface area contributed by atoms with Gasteiger partial charge in [-0.05, 0) is 35.4 Å². The molecule has 0 bridgehead atoms. The first-order valence-electron chi connectivity index (χ1n) is 14.3. The second kappa shape index (κ2) is 14.4. The number of aryl methyl sites for hydroxylation is 2. The van der Waals surface area contributed by atoms with E-state index in [1.807, 2.05) is 22.8 Å². The van der Waals surface area contributed by atoms with Crippen molar-refractivity contribution in [1.82, 2.24) is 8.94 Å². The first kappa shape index (κ1) is 33.2. The maximum Gasteiger partial charge on any atom is 0.265 e. The minimum Gasteiger partial charge on any atom is -0.481 e. The lowest BCUT2D eigenvalue weighted by Crippen LogP contribution is -2.39. The maximum absolute atomic E-state index is 14.5. The topological polar surface area (TPSA) is 89.3 Å². The Morgan fingerprint density at radius 3 is 2.61 bits per heavy atom. The number of hydrogen-bond donors (Lipinski definition) is 0. The van der Waals surface area contributed by atoms with Gasteiger partial charge in [0.1, 0.15) is 29.9 Å². The lowest BCUT2D eigenvalue weighted by atomic mass is 9.92. The van der Waals surface area contributed by atoms with Crippen molar-refractivity contribution >= 4 is 52.0 Å². The van der Waals surface area contributed by atoms with Crippen LogP contribution in [-0.4, -0.2) is 53.6 Å². The minimum atomic E-state index is -0.515. The molecule has 0 spiro atoms. The molecule has 2 aliphatic rings. The number of benzene rings is 2. The standard InChI is InChI=1S/C18H17FN4O2S.C14H20ClNO2/c1-4-5-22-13-7-12(11(19)6-14(13)25-9-16(22)24)20-17-23-10-18(2,3)8-15(23)21-26-17;1-4-11-7-6-8-12(5-2)14(11)16(10-18-3)13(17)9-15/h1,6-7H,5,8-10H2,2-3H3;6-8H,4-5,9-10H2,1-3H3/b20-17-;. The van der Waals surface area contributed by atoms with Gasteiger partial charge in [0, 0.05) is 37.7 Å². The second-order valence-electron chi connectivity index (χ2n) is 11.2. The van der Waals surface area contributed by atoms with E-state index in [4.69, 9.17) is 27.5 Å². The van der Waals surface area contributed by atoms with Gasteiger partial charge in [0.05, 0.1) is 17.9 Å². The summed E-state index contributed by atoms with van der Waals surface area (Å²) in [5.74, 6) is 2.75. The summed E-state index contributed by atoms with van der Waals surface area (Å²) in [5.41, 5.74) is 3.92. The molecule has 0 unspecified atom stereocenters. The van der Waals surface area contributed by atoms with Crippen molar-refractivity contribution in [3.05, 3.63) is 57.9 Å². The number of hydrogen-bond acceptors (Lipinski definition) is 7. The van der Waals surface area contributed by atoms with E-state index < -0.39 is 5.82 Å². The van der Waals surface area contributed by atoms with Gasteiger partial charge in [-0.25, -0.2) is 9.38 Å². The Morgan fingerprint density at radius 2 is 2.00 bits per heavy atom. The van der Waals surface area contributed by atoms with Crippen molar-refractivity contribution in [1.29, 1.82) is 0 Å². The van der Waals surface area contributed by atoms with Crippen LogP contribution in [0.4, 0.5) is 21.5 Å². The summed E-state index contributed by atoms with van der Waals surface area (Å²) < 4.78 is 31.4. The summed E-state index contributed by atoms with van der Waals surface area (Å²) >= 11 is 6.92. The number of carbonyl (C=O) groups excluding carboxylic acids is 2. The van der Waals surface area contributed by atoms with E-state index in [1.165, 1.54) is 28.6 Å². The van der Waals surface area contributed by atoms with Crippen LogP contribution in [0.3, 0.4) is 0 Å².